The van der Waals surface area contributed by atoms with Crippen molar-refractivity contribution in [3.63, 3.8) is 0 Å². The number of hydrogen-bond donors (Lipinski definition) is 0. The van der Waals surface area contributed by atoms with Gasteiger partial charge in [-0.15, -0.1) is 0 Å². The van der Waals surface area contributed by atoms with Crippen LogP contribution in [0.3, 0.4) is 0 Å². The first-order chi connectivity index (χ1) is 7.15. The molecule has 0 bridgehead atoms. The molecule has 0 radical (unpaired) electrons. The maximum absolute atomic E-state index is 11.6. The number of hydrogen-bond acceptors (Lipinski definition) is 3. The molecule has 0 atom stereocenters. The van der Waals surface area contributed by atoms with Gasteiger partial charge in [-0.05, 0) is 19.1 Å². The molecule has 82 valence electrons. The minimum absolute atomic E-state index is 0.106. The lowest BCUT2D eigenvalue weighted by Crippen LogP contribution is -2.05. The lowest BCUT2D eigenvalue weighted by Gasteiger charge is -2.12. The smallest absolute Gasteiger partial charge is 0.172 e. The Labute approximate surface area is 103 Å². The third kappa shape index (κ3) is 2.42. The molecule has 0 saturated heterocycles. The van der Waals surface area contributed by atoms with E-state index < -0.39 is 0 Å². The summed E-state index contributed by atoms with van der Waals surface area (Å²) in [5, 5.41) is 0. The van der Waals surface area contributed by atoms with Crippen LogP contribution in [0.2, 0.25) is 0 Å². The van der Waals surface area contributed by atoms with Gasteiger partial charge in [0.25, 0.3) is 0 Å². The minimum atomic E-state index is 0.106. The van der Waals surface area contributed by atoms with E-state index in [0.717, 1.165) is 5.56 Å². The van der Waals surface area contributed by atoms with Crippen LogP contribution in [0.25, 0.3) is 0 Å². The van der Waals surface area contributed by atoms with Gasteiger partial charge in [0.05, 0.1) is 18.6 Å². The molecule has 0 saturated carbocycles. The molecule has 0 aliphatic carbocycles. The number of rotatable bonds is 4. The molecule has 0 aliphatic rings. The van der Waals surface area contributed by atoms with Gasteiger partial charge in [0, 0.05) is 11.1 Å². The summed E-state index contributed by atoms with van der Waals surface area (Å²) >= 11 is 2.05. The summed E-state index contributed by atoms with van der Waals surface area (Å²) in [5.41, 5.74) is 1.53. The Balaban J connectivity index is 3.29. The zero-order valence-electron chi connectivity index (χ0n) is 8.96. The quantitative estimate of drug-likeness (QED) is 0.486. The van der Waals surface area contributed by atoms with E-state index >= 15 is 0 Å². The van der Waals surface area contributed by atoms with Crippen LogP contribution in [0.15, 0.2) is 12.1 Å². The molecule has 1 aromatic rings. The highest BCUT2D eigenvalue weighted by Crippen LogP contribution is 2.32. The number of ketones is 1. The number of methoxy groups -OCH3 is 2. The van der Waals surface area contributed by atoms with E-state index in [4.69, 9.17) is 9.47 Å². The Morgan fingerprint density at radius 2 is 2.00 bits per heavy atom. The van der Waals surface area contributed by atoms with Gasteiger partial charge in [0.1, 0.15) is 0 Å². The molecule has 0 N–H and O–H groups in total. The third-order valence-corrected chi connectivity index (χ3v) is 2.91. The number of alkyl halides is 1. The third-order valence-electron chi connectivity index (χ3n) is 2.22. The maximum atomic E-state index is 11.6. The van der Waals surface area contributed by atoms with Gasteiger partial charge in [0.15, 0.2) is 17.3 Å². The highest BCUT2D eigenvalue weighted by Gasteiger charge is 2.15. The number of carbonyl (C=O) groups is 1. The van der Waals surface area contributed by atoms with E-state index in [9.17, 15) is 4.79 Å². The van der Waals surface area contributed by atoms with Crippen molar-refractivity contribution >= 4 is 28.4 Å². The molecule has 0 unspecified atom stereocenters. The van der Waals surface area contributed by atoms with Crippen molar-refractivity contribution in [3.05, 3.63) is 23.3 Å². The summed E-state index contributed by atoms with van der Waals surface area (Å²) in [4.78, 5) is 11.6. The fourth-order valence-corrected chi connectivity index (χ4v) is 1.87. The van der Waals surface area contributed by atoms with Crippen molar-refractivity contribution in [2.75, 3.05) is 18.6 Å². The highest BCUT2D eigenvalue weighted by atomic mass is 127. The monoisotopic (exact) mass is 320 g/mol. The van der Waals surface area contributed by atoms with Crippen LogP contribution in [-0.2, 0) is 0 Å². The molecule has 0 fully saturated rings. The maximum Gasteiger partial charge on any atom is 0.172 e. The molecule has 15 heavy (non-hydrogen) atoms. The second-order valence-corrected chi connectivity index (χ2v) is 3.79. The summed E-state index contributed by atoms with van der Waals surface area (Å²) in [6, 6.07) is 3.53. The van der Waals surface area contributed by atoms with E-state index in [-0.39, 0.29) is 5.78 Å². The van der Waals surface area contributed by atoms with E-state index in [1.807, 2.05) is 6.92 Å². The highest BCUT2D eigenvalue weighted by molar-refractivity contribution is 14.1. The van der Waals surface area contributed by atoms with Gasteiger partial charge < -0.3 is 9.47 Å². The molecule has 0 aliphatic heterocycles. The van der Waals surface area contributed by atoms with Gasteiger partial charge in [-0.25, -0.2) is 0 Å². The molecule has 0 amide bonds. The zero-order chi connectivity index (χ0) is 11.4. The van der Waals surface area contributed by atoms with E-state index in [1.54, 1.807) is 26.4 Å². The van der Waals surface area contributed by atoms with Crippen molar-refractivity contribution in [1.82, 2.24) is 0 Å². The van der Waals surface area contributed by atoms with Crippen LogP contribution in [0, 0.1) is 6.92 Å². The molecular formula is C11H13IO3. The Morgan fingerprint density at radius 3 is 2.47 bits per heavy atom. The number of ether oxygens (including phenoxy) is 2. The Bertz CT molecular complexity index is 374. The Morgan fingerprint density at radius 1 is 1.33 bits per heavy atom. The largest absolute Gasteiger partial charge is 0.493 e. The van der Waals surface area contributed by atoms with Crippen LogP contribution in [0.4, 0.5) is 0 Å². The van der Waals surface area contributed by atoms with E-state index in [2.05, 4.69) is 22.6 Å². The zero-order valence-corrected chi connectivity index (χ0v) is 11.1. The Kier molecular flexibility index (Phi) is 4.38. The number of carbonyl (C=O) groups excluding carboxylic acids is 1. The van der Waals surface area contributed by atoms with Crippen LogP contribution in [0.5, 0.6) is 11.5 Å². The van der Waals surface area contributed by atoms with E-state index in [1.165, 1.54) is 0 Å². The van der Waals surface area contributed by atoms with Gasteiger partial charge in [0.2, 0.25) is 0 Å². The van der Waals surface area contributed by atoms with E-state index in [0.29, 0.717) is 21.5 Å². The summed E-state index contributed by atoms with van der Waals surface area (Å²) in [6.07, 6.45) is 0. The summed E-state index contributed by atoms with van der Waals surface area (Å²) < 4.78 is 10.8. The predicted octanol–water partition coefficient (Wildman–Crippen LogP) is 2.63. The molecule has 3 nitrogen and oxygen atoms in total. The summed E-state index contributed by atoms with van der Waals surface area (Å²) in [7, 11) is 3.15. The Hall–Kier alpha value is -0.780. The molecule has 0 spiro atoms. The molecule has 1 aromatic carbocycles. The normalized spacial score (nSPS) is 9.87. The lowest BCUT2D eigenvalue weighted by molar-refractivity contribution is 0.102. The van der Waals surface area contributed by atoms with Gasteiger partial charge in [-0.2, -0.15) is 0 Å². The number of Topliss-reactive ketones (excluding diaryl/α,β-unsaturated/α-hetero) is 1. The van der Waals surface area contributed by atoms with Crippen molar-refractivity contribution in [2.45, 2.75) is 6.92 Å². The van der Waals surface area contributed by atoms with Crippen LogP contribution in [0.1, 0.15) is 15.9 Å². The van der Waals surface area contributed by atoms with Crippen molar-refractivity contribution in [1.29, 1.82) is 0 Å². The SMILES string of the molecule is COc1ccc(C(=O)CI)c(C)c1OC. The van der Waals surface area contributed by atoms with Gasteiger partial charge >= 0.3 is 0 Å². The molecule has 4 heteroatoms. The number of halogens is 1. The fourth-order valence-electron chi connectivity index (χ4n) is 1.46. The van der Waals surface area contributed by atoms with Crippen LogP contribution >= 0.6 is 22.6 Å². The standard InChI is InChI=1S/C11H13IO3/c1-7-8(9(13)6-12)4-5-10(14-2)11(7)15-3/h4-5H,6H2,1-3H3. The molecule has 0 heterocycles. The first-order valence-corrected chi connectivity index (χ1v) is 5.99. The number of benzene rings is 1. The van der Waals surface area contributed by atoms with Crippen LogP contribution < -0.4 is 9.47 Å². The average Bonchev–Trinajstić information content (AvgIpc) is 2.27. The summed E-state index contributed by atoms with van der Waals surface area (Å²) in [6.45, 7) is 1.86. The minimum Gasteiger partial charge on any atom is -0.493 e. The predicted molar refractivity (Wildman–Crippen MR) is 67.5 cm³/mol. The molecule has 0 aromatic heterocycles. The average molecular weight is 320 g/mol. The molecular weight excluding hydrogens is 307 g/mol. The summed E-state index contributed by atoms with van der Waals surface area (Å²) in [5.74, 6) is 1.39. The van der Waals surface area contributed by atoms with Crippen LogP contribution in [-0.4, -0.2) is 24.4 Å². The van der Waals surface area contributed by atoms with Gasteiger partial charge in [-0.3, -0.25) is 4.79 Å². The fraction of sp³-hybridized carbons (Fsp3) is 0.364. The van der Waals surface area contributed by atoms with Crippen molar-refractivity contribution < 1.29 is 14.3 Å². The van der Waals surface area contributed by atoms with Crippen molar-refractivity contribution in [2.24, 2.45) is 0 Å². The second-order valence-electron chi connectivity index (χ2n) is 3.03. The van der Waals surface area contributed by atoms with Gasteiger partial charge in [-0.1, -0.05) is 22.6 Å². The molecule has 1 rings (SSSR count). The lowest BCUT2D eigenvalue weighted by atomic mass is 10.0. The first-order valence-electron chi connectivity index (χ1n) is 4.46. The van der Waals surface area contributed by atoms with Crippen molar-refractivity contribution in [3.8, 4) is 11.5 Å². The first kappa shape index (κ1) is 12.3. The second kappa shape index (κ2) is 5.34. The topological polar surface area (TPSA) is 35.5 Å².